The number of benzene rings is 1. The lowest BCUT2D eigenvalue weighted by Gasteiger charge is -2.27. The van der Waals surface area contributed by atoms with E-state index in [1.165, 1.54) is 30.4 Å². The number of carbonyl (C=O) groups excluding carboxylic acids is 1. The molecule has 0 bridgehead atoms. The fourth-order valence-electron chi connectivity index (χ4n) is 3.20. The second-order valence-corrected chi connectivity index (χ2v) is 6.10. The highest BCUT2D eigenvalue weighted by atomic mass is 16.1. The summed E-state index contributed by atoms with van der Waals surface area (Å²) in [6, 6.07) is 8.82. The molecule has 20 heavy (non-hydrogen) atoms. The third-order valence-electron chi connectivity index (χ3n) is 4.72. The van der Waals surface area contributed by atoms with Gasteiger partial charge in [-0.1, -0.05) is 43.5 Å². The van der Waals surface area contributed by atoms with Crippen LogP contribution in [0.5, 0.6) is 0 Å². The molecule has 1 fully saturated rings. The van der Waals surface area contributed by atoms with E-state index in [4.69, 9.17) is 0 Å². The van der Waals surface area contributed by atoms with Crippen LogP contribution in [0.25, 0.3) is 0 Å². The van der Waals surface area contributed by atoms with Crippen molar-refractivity contribution >= 4 is 5.91 Å². The minimum atomic E-state index is 0.210. The van der Waals surface area contributed by atoms with Crippen LogP contribution in [0.4, 0.5) is 0 Å². The Labute approximate surface area is 121 Å². The van der Waals surface area contributed by atoms with Crippen LogP contribution in [-0.4, -0.2) is 19.0 Å². The van der Waals surface area contributed by atoms with Crippen LogP contribution in [-0.2, 0) is 11.2 Å². The molecule has 0 spiro atoms. The second kappa shape index (κ2) is 6.40. The SMILES string of the molecule is O=C(CCC1CCC1)NCC1NCCc2ccccc21. The molecule has 108 valence electrons. The number of amides is 1. The van der Waals surface area contributed by atoms with E-state index >= 15 is 0 Å². The summed E-state index contributed by atoms with van der Waals surface area (Å²) < 4.78 is 0. The smallest absolute Gasteiger partial charge is 0.220 e. The van der Waals surface area contributed by atoms with Gasteiger partial charge in [0.2, 0.25) is 5.91 Å². The molecule has 1 unspecified atom stereocenters. The molecule has 3 heteroatoms. The number of nitrogens with one attached hydrogen (secondary N) is 2. The Morgan fingerprint density at radius 2 is 2.15 bits per heavy atom. The zero-order valence-electron chi connectivity index (χ0n) is 12.0. The van der Waals surface area contributed by atoms with Gasteiger partial charge in [-0.05, 0) is 36.4 Å². The fourth-order valence-corrected chi connectivity index (χ4v) is 3.20. The maximum absolute atomic E-state index is 11.9. The van der Waals surface area contributed by atoms with Gasteiger partial charge in [-0.15, -0.1) is 0 Å². The molecule has 1 aliphatic heterocycles. The lowest BCUT2D eigenvalue weighted by molar-refractivity contribution is -0.121. The van der Waals surface area contributed by atoms with Gasteiger partial charge >= 0.3 is 0 Å². The first-order valence-corrected chi connectivity index (χ1v) is 7.91. The van der Waals surface area contributed by atoms with Crippen molar-refractivity contribution in [2.45, 2.75) is 44.6 Å². The maximum atomic E-state index is 11.9. The third-order valence-corrected chi connectivity index (χ3v) is 4.72. The highest BCUT2D eigenvalue weighted by molar-refractivity contribution is 5.75. The van der Waals surface area contributed by atoms with Gasteiger partial charge in [0.15, 0.2) is 0 Å². The van der Waals surface area contributed by atoms with Gasteiger partial charge in [0.25, 0.3) is 0 Å². The number of rotatable bonds is 5. The van der Waals surface area contributed by atoms with Crippen LogP contribution in [0.1, 0.15) is 49.3 Å². The van der Waals surface area contributed by atoms with Crippen LogP contribution >= 0.6 is 0 Å². The summed E-state index contributed by atoms with van der Waals surface area (Å²) in [5.74, 6) is 1.02. The van der Waals surface area contributed by atoms with E-state index in [2.05, 4.69) is 34.9 Å². The van der Waals surface area contributed by atoms with Crippen molar-refractivity contribution in [1.29, 1.82) is 0 Å². The number of carbonyl (C=O) groups is 1. The molecule has 3 rings (SSSR count). The van der Waals surface area contributed by atoms with Gasteiger partial charge in [-0.2, -0.15) is 0 Å². The molecule has 0 radical (unpaired) electrons. The van der Waals surface area contributed by atoms with E-state index in [-0.39, 0.29) is 11.9 Å². The second-order valence-electron chi connectivity index (χ2n) is 6.10. The van der Waals surface area contributed by atoms with E-state index in [0.29, 0.717) is 13.0 Å². The van der Waals surface area contributed by atoms with Crippen LogP contribution in [0.15, 0.2) is 24.3 Å². The summed E-state index contributed by atoms with van der Waals surface area (Å²) in [5.41, 5.74) is 2.76. The van der Waals surface area contributed by atoms with Crippen molar-refractivity contribution in [3.05, 3.63) is 35.4 Å². The molecule has 2 N–H and O–H groups in total. The van der Waals surface area contributed by atoms with Crippen molar-refractivity contribution in [1.82, 2.24) is 10.6 Å². The molecule has 1 aromatic carbocycles. The van der Waals surface area contributed by atoms with Crippen molar-refractivity contribution < 1.29 is 4.79 Å². The summed E-state index contributed by atoms with van der Waals surface area (Å²) in [6.45, 7) is 1.71. The Morgan fingerprint density at radius 1 is 1.30 bits per heavy atom. The Hall–Kier alpha value is -1.35. The van der Waals surface area contributed by atoms with Crippen LogP contribution < -0.4 is 10.6 Å². The Kier molecular flexibility index (Phi) is 4.36. The van der Waals surface area contributed by atoms with E-state index in [1.54, 1.807) is 0 Å². The molecule has 0 saturated heterocycles. The van der Waals surface area contributed by atoms with Crippen LogP contribution in [0.3, 0.4) is 0 Å². The quantitative estimate of drug-likeness (QED) is 0.865. The van der Waals surface area contributed by atoms with Gasteiger partial charge in [-0.25, -0.2) is 0 Å². The zero-order chi connectivity index (χ0) is 13.8. The van der Waals surface area contributed by atoms with Crippen LogP contribution in [0, 0.1) is 5.92 Å². The number of hydrogen-bond donors (Lipinski definition) is 2. The van der Waals surface area contributed by atoms with E-state index in [1.807, 2.05) is 0 Å². The molecule has 0 aromatic heterocycles. The predicted molar refractivity (Wildman–Crippen MR) is 80.5 cm³/mol. The molecule has 3 nitrogen and oxygen atoms in total. The van der Waals surface area contributed by atoms with Gasteiger partial charge in [0, 0.05) is 19.0 Å². The molecule has 1 saturated carbocycles. The first-order valence-electron chi connectivity index (χ1n) is 7.91. The average Bonchev–Trinajstić information content (AvgIpc) is 2.43. The van der Waals surface area contributed by atoms with Crippen molar-refractivity contribution in [2.75, 3.05) is 13.1 Å². The Balaban J connectivity index is 1.47. The maximum Gasteiger partial charge on any atom is 0.220 e. The highest BCUT2D eigenvalue weighted by Gasteiger charge is 2.21. The zero-order valence-corrected chi connectivity index (χ0v) is 12.0. The summed E-state index contributed by atoms with van der Waals surface area (Å²) in [4.78, 5) is 11.9. The fraction of sp³-hybridized carbons (Fsp3) is 0.588. The number of fused-ring (bicyclic) bond motifs is 1. The average molecular weight is 272 g/mol. The number of hydrogen-bond acceptors (Lipinski definition) is 2. The summed E-state index contributed by atoms with van der Waals surface area (Å²) in [5, 5.41) is 6.60. The third kappa shape index (κ3) is 3.21. The first kappa shape index (κ1) is 13.6. The minimum Gasteiger partial charge on any atom is -0.354 e. The topological polar surface area (TPSA) is 41.1 Å². The van der Waals surface area contributed by atoms with E-state index in [0.717, 1.165) is 25.3 Å². The van der Waals surface area contributed by atoms with Crippen LogP contribution in [0.2, 0.25) is 0 Å². The van der Waals surface area contributed by atoms with E-state index in [9.17, 15) is 4.79 Å². The largest absolute Gasteiger partial charge is 0.354 e. The Bertz CT molecular complexity index is 468. The van der Waals surface area contributed by atoms with Crippen molar-refractivity contribution in [3.63, 3.8) is 0 Å². The van der Waals surface area contributed by atoms with Gasteiger partial charge in [-0.3, -0.25) is 4.79 Å². The predicted octanol–water partition coefficient (Wildman–Crippen LogP) is 2.57. The monoisotopic (exact) mass is 272 g/mol. The molecular formula is C17H24N2O. The van der Waals surface area contributed by atoms with Gasteiger partial charge in [0.1, 0.15) is 0 Å². The van der Waals surface area contributed by atoms with Crippen molar-refractivity contribution in [2.24, 2.45) is 5.92 Å². The lowest BCUT2D eigenvalue weighted by atomic mass is 9.82. The van der Waals surface area contributed by atoms with Gasteiger partial charge in [0.05, 0.1) is 0 Å². The standard InChI is InChI=1S/C17H24N2O/c20-17(9-8-13-4-3-5-13)19-12-16-15-7-2-1-6-14(15)10-11-18-16/h1-2,6-7,13,16,18H,3-5,8-12H2,(H,19,20). The lowest BCUT2D eigenvalue weighted by Crippen LogP contribution is -2.38. The Morgan fingerprint density at radius 3 is 2.95 bits per heavy atom. The summed E-state index contributed by atoms with van der Waals surface area (Å²) in [6.07, 6.45) is 6.85. The normalized spacial score (nSPS) is 21.9. The highest BCUT2D eigenvalue weighted by Crippen LogP contribution is 2.30. The molecule has 1 amide bonds. The van der Waals surface area contributed by atoms with Crippen molar-refractivity contribution in [3.8, 4) is 0 Å². The molecule has 1 atom stereocenters. The van der Waals surface area contributed by atoms with E-state index < -0.39 is 0 Å². The summed E-state index contributed by atoms with van der Waals surface area (Å²) >= 11 is 0. The molecular weight excluding hydrogens is 248 g/mol. The minimum absolute atomic E-state index is 0.210. The molecule has 1 aromatic rings. The first-order chi connectivity index (χ1) is 9.83. The molecule has 2 aliphatic rings. The molecule has 1 aliphatic carbocycles. The summed E-state index contributed by atoms with van der Waals surface area (Å²) in [7, 11) is 0. The van der Waals surface area contributed by atoms with Gasteiger partial charge < -0.3 is 10.6 Å². The molecule has 1 heterocycles.